The van der Waals surface area contributed by atoms with Crippen LogP contribution in [0.2, 0.25) is 5.02 Å². The fourth-order valence-electron chi connectivity index (χ4n) is 1.70. The van der Waals surface area contributed by atoms with Gasteiger partial charge in [0.2, 0.25) is 0 Å². The number of halogens is 2. The first kappa shape index (κ1) is 14.5. The zero-order valence-electron chi connectivity index (χ0n) is 10.7. The second kappa shape index (κ2) is 6.51. The summed E-state index contributed by atoms with van der Waals surface area (Å²) >= 11 is 12.0. The number of nitrogens with zero attached hydrogens (tertiary/aromatic N) is 1. The summed E-state index contributed by atoms with van der Waals surface area (Å²) in [6, 6.07) is 12.3. The molecule has 3 nitrogen and oxygen atoms in total. The minimum atomic E-state index is 0.286. The van der Waals surface area contributed by atoms with Crippen LogP contribution in [-0.4, -0.2) is 7.11 Å². The van der Waals surface area contributed by atoms with Crippen LogP contribution in [0, 0.1) is 11.3 Å². The van der Waals surface area contributed by atoms with Crippen LogP contribution in [0.1, 0.15) is 11.1 Å². The predicted octanol–water partition coefficient (Wildman–Crippen LogP) is 4.75. The number of rotatable bonds is 4. The Balaban J connectivity index is 2.43. The Morgan fingerprint density at radius 3 is 2.65 bits per heavy atom. The largest absolute Gasteiger partial charge is 0.493 e. The predicted molar refractivity (Wildman–Crippen MR) is 78.8 cm³/mol. The highest BCUT2D eigenvalue weighted by Crippen LogP contribution is 2.38. The molecule has 0 N–H and O–H groups in total. The van der Waals surface area contributed by atoms with E-state index in [1.807, 2.05) is 18.2 Å². The molecule has 0 aliphatic heterocycles. The van der Waals surface area contributed by atoms with Crippen molar-refractivity contribution in [3.05, 3.63) is 52.5 Å². The minimum absolute atomic E-state index is 0.286. The fraction of sp³-hybridized carbons (Fsp3) is 0.133. The maximum Gasteiger partial charge on any atom is 0.169 e. The topological polar surface area (TPSA) is 42.2 Å². The summed E-state index contributed by atoms with van der Waals surface area (Å²) in [6.45, 7) is 0. The van der Waals surface area contributed by atoms with Gasteiger partial charge in [-0.25, -0.2) is 0 Å². The third kappa shape index (κ3) is 2.98. The molecule has 0 aliphatic rings. The lowest BCUT2D eigenvalue weighted by Crippen LogP contribution is -1.94. The van der Waals surface area contributed by atoms with E-state index in [4.69, 9.17) is 37.9 Å². The first-order valence-corrected chi connectivity index (χ1v) is 6.70. The number of ether oxygens (including phenoxy) is 2. The first-order valence-electron chi connectivity index (χ1n) is 5.79. The monoisotopic (exact) mass is 307 g/mol. The molecule has 2 rings (SSSR count). The van der Waals surface area contributed by atoms with Crippen molar-refractivity contribution in [1.82, 2.24) is 0 Å². The summed E-state index contributed by atoms with van der Waals surface area (Å²) in [4.78, 5) is 0. The van der Waals surface area contributed by atoms with Gasteiger partial charge in [-0.2, -0.15) is 5.26 Å². The van der Waals surface area contributed by atoms with E-state index in [-0.39, 0.29) is 5.88 Å². The Labute approximate surface area is 127 Å². The second-order valence-electron chi connectivity index (χ2n) is 3.94. The lowest BCUT2D eigenvalue weighted by molar-refractivity contribution is 0.378. The molecule has 0 bridgehead atoms. The number of hydrogen-bond acceptors (Lipinski definition) is 3. The Bertz CT molecular complexity index is 665. The van der Waals surface area contributed by atoms with E-state index in [0.29, 0.717) is 27.8 Å². The van der Waals surface area contributed by atoms with Crippen LogP contribution in [0.3, 0.4) is 0 Å². The lowest BCUT2D eigenvalue weighted by Gasteiger charge is -2.14. The van der Waals surface area contributed by atoms with Gasteiger partial charge in [-0.15, -0.1) is 11.6 Å². The third-order valence-electron chi connectivity index (χ3n) is 2.70. The van der Waals surface area contributed by atoms with Gasteiger partial charge in [0.15, 0.2) is 17.2 Å². The van der Waals surface area contributed by atoms with Crippen molar-refractivity contribution in [2.45, 2.75) is 5.88 Å². The van der Waals surface area contributed by atoms with Crippen molar-refractivity contribution in [3.8, 4) is 23.3 Å². The highest BCUT2D eigenvalue weighted by Gasteiger charge is 2.12. The van der Waals surface area contributed by atoms with E-state index >= 15 is 0 Å². The Hall–Kier alpha value is -1.89. The van der Waals surface area contributed by atoms with E-state index < -0.39 is 0 Å². The van der Waals surface area contributed by atoms with Crippen molar-refractivity contribution < 1.29 is 9.47 Å². The highest BCUT2D eigenvalue weighted by molar-refractivity contribution is 6.32. The van der Waals surface area contributed by atoms with E-state index in [2.05, 4.69) is 0 Å². The van der Waals surface area contributed by atoms with Crippen LogP contribution >= 0.6 is 23.2 Å². The number of hydrogen-bond donors (Lipinski definition) is 0. The maximum atomic E-state index is 8.88. The lowest BCUT2D eigenvalue weighted by atomic mass is 10.2. The molecule has 0 saturated heterocycles. The summed E-state index contributed by atoms with van der Waals surface area (Å²) in [7, 11) is 1.51. The van der Waals surface area contributed by atoms with E-state index in [1.54, 1.807) is 24.3 Å². The standard InChI is InChI=1S/C15H11Cl2NO2/c1-19-14-7-10(9-18)5-6-13(14)20-15-11(8-16)3-2-4-12(15)17/h2-7H,8H2,1H3. The van der Waals surface area contributed by atoms with Crippen LogP contribution in [0.25, 0.3) is 0 Å². The average molecular weight is 308 g/mol. The Kier molecular flexibility index (Phi) is 4.73. The molecule has 5 heteroatoms. The van der Waals surface area contributed by atoms with Crippen LogP contribution in [0.5, 0.6) is 17.2 Å². The number of methoxy groups -OCH3 is 1. The van der Waals surface area contributed by atoms with Crippen LogP contribution in [-0.2, 0) is 5.88 Å². The molecular weight excluding hydrogens is 297 g/mol. The van der Waals surface area contributed by atoms with Gasteiger partial charge >= 0.3 is 0 Å². The summed E-state index contributed by atoms with van der Waals surface area (Å²) < 4.78 is 11.0. The molecule has 0 aromatic heterocycles. The van der Waals surface area contributed by atoms with Crippen LogP contribution < -0.4 is 9.47 Å². The molecule has 20 heavy (non-hydrogen) atoms. The molecule has 2 aromatic rings. The zero-order valence-corrected chi connectivity index (χ0v) is 12.2. The van der Waals surface area contributed by atoms with Gasteiger partial charge in [0, 0.05) is 11.6 Å². The smallest absolute Gasteiger partial charge is 0.169 e. The molecule has 102 valence electrons. The number of alkyl halides is 1. The molecule has 0 fully saturated rings. The van der Waals surface area contributed by atoms with E-state index in [0.717, 1.165) is 5.56 Å². The average Bonchev–Trinajstić information content (AvgIpc) is 2.49. The fourth-order valence-corrected chi connectivity index (χ4v) is 2.15. The molecule has 0 unspecified atom stereocenters. The molecule has 0 amide bonds. The normalized spacial score (nSPS) is 9.90. The molecule has 0 saturated carbocycles. The van der Waals surface area contributed by atoms with Gasteiger partial charge in [-0.05, 0) is 18.2 Å². The molecule has 0 heterocycles. The van der Waals surface area contributed by atoms with E-state index in [9.17, 15) is 0 Å². The molecule has 0 radical (unpaired) electrons. The van der Waals surface area contributed by atoms with Crippen molar-refractivity contribution in [1.29, 1.82) is 5.26 Å². The molecule has 0 spiro atoms. The summed E-state index contributed by atoms with van der Waals surface area (Å²) in [5, 5.41) is 9.35. The van der Waals surface area contributed by atoms with Gasteiger partial charge in [-0.1, -0.05) is 23.7 Å². The summed E-state index contributed by atoms with van der Waals surface area (Å²) in [5.41, 5.74) is 1.27. The van der Waals surface area contributed by atoms with Gasteiger partial charge in [-0.3, -0.25) is 0 Å². The van der Waals surface area contributed by atoms with Crippen molar-refractivity contribution in [3.63, 3.8) is 0 Å². The summed E-state index contributed by atoms with van der Waals surface area (Å²) in [5.74, 6) is 1.72. The van der Waals surface area contributed by atoms with E-state index in [1.165, 1.54) is 7.11 Å². The van der Waals surface area contributed by atoms with Crippen molar-refractivity contribution in [2.75, 3.05) is 7.11 Å². The van der Waals surface area contributed by atoms with Gasteiger partial charge < -0.3 is 9.47 Å². The van der Waals surface area contributed by atoms with Gasteiger partial charge in [0.05, 0.1) is 29.6 Å². The number of benzene rings is 2. The van der Waals surface area contributed by atoms with Crippen molar-refractivity contribution in [2.24, 2.45) is 0 Å². The first-order chi connectivity index (χ1) is 9.69. The summed E-state index contributed by atoms with van der Waals surface area (Å²) in [6.07, 6.45) is 0. The molecule has 2 aromatic carbocycles. The second-order valence-corrected chi connectivity index (χ2v) is 4.62. The van der Waals surface area contributed by atoms with Gasteiger partial charge in [0.25, 0.3) is 0 Å². The third-order valence-corrected chi connectivity index (χ3v) is 3.28. The maximum absolute atomic E-state index is 8.88. The molecule has 0 aliphatic carbocycles. The SMILES string of the molecule is COc1cc(C#N)ccc1Oc1c(Cl)cccc1CCl. The zero-order chi connectivity index (χ0) is 14.5. The highest BCUT2D eigenvalue weighted by atomic mass is 35.5. The Morgan fingerprint density at radius 2 is 2.00 bits per heavy atom. The van der Waals surface area contributed by atoms with Gasteiger partial charge in [0.1, 0.15) is 0 Å². The number of nitriles is 1. The minimum Gasteiger partial charge on any atom is -0.493 e. The quantitative estimate of drug-likeness (QED) is 0.765. The molecular formula is C15H11Cl2NO2. The Morgan fingerprint density at radius 1 is 1.20 bits per heavy atom. The van der Waals surface area contributed by atoms with Crippen LogP contribution in [0.15, 0.2) is 36.4 Å². The van der Waals surface area contributed by atoms with Crippen molar-refractivity contribution >= 4 is 23.2 Å². The molecule has 0 atom stereocenters. The number of para-hydroxylation sites is 1. The van der Waals surface area contributed by atoms with Crippen LogP contribution in [0.4, 0.5) is 0 Å².